The molecule has 8 N–H and O–H groups in total. The van der Waals surface area contributed by atoms with Gasteiger partial charge < -0.3 is 30.6 Å². The van der Waals surface area contributed by atoms with Crippen LogP contribution in [0, 0.1) is 36.5 Å². The summed E-state index contributed by atoms with van der Waals surface area (Å²) in [5.74, 6) is -5.19. The summed E-state index contributed by atoms with van der Waals surface area (Å²) in [5.41, 5.74) is 5.70. The fraction of sp³-hybridized carbons (Fsp3) is 0.278. The van der Waals surface area contributed by atoms with E-state index in [1.54, 1.807) is 65.8 Å². The van der Waals surface area contributed by atoms with Crippen LogP contribution in [0.25, 0.3) is 32.7 Å². The quantitative estimate of drug-likeness (QED) is 0.0627. The minimum atomic E-state index is -0.730. The molecule has 2 amide bonds. The fourth-order valence-corrected chi connectivity index (χ4v) is 6.18. The standard InChI is InChI=1S/C36H36N6O8/c1-15(2)25-19-11-17(5)27(33(47)29(19)21(31(45)35(25)49)13-39-41-23(43)7-9-37)28-18(6)12-20-26(16(3)4)36(50)32(46)22(30(20)34(28)48)14-40-42-24(44)8-10-38/h11-16,45-50H,7-8H2,1-6H3,(H,41,43)(H,42,44)/b39-13-,40-14-. The molecule has 0 spiro atoms. The van der Waals surface area contributed by atoms with Crippen molar-refractivity contribution in [2.75, 3.05) is 0 Å². The average molecular weight is 681 g/mol. The molecule has 0 fully saturated rings. The van der Waals surface area contributed by atoms with E-state index in [4.69, 9.17) is 10.5 Å². The highest BCUT2D eigenvalue weighted by Gasteiger charge is 2.29. The van der Waals surface area contributed by atoms with Crippen LogP contribution in [0.5, 0.6) is 34.5 Å². The third-order valence-electron chi connectivity index (χ3n) is 8.23. The summed E-state index contributed by atoms with van der Waals surface area (Å²) in [7, 11) is 0. The third-order valence-corrected chi connectivity index (χ3v) is 8.23. The smallest absolute Gasteiger partial charge is 0.254 e. The van der Waals surface area contributed by atoms with E-state index < -0.39 is 59.2 Å². The van der Waals surface area contributed by atoms with Crippen molar-refractivity contribution < 1.29 is 40.2 Å². The Hall–Kier alpha value is -6.54. The maximum atomic E-state index is 12.1. The topological polar surface area (TPSA) is 252 Å². The van der Waals surface area contributed by atoms with Crippen LogP contribution in [-0.2, 0) is 9.59 Å². The number of phenols is 6. The largest absolute Gasteiger partial charge is 0.507 e. The van der Waals surface area contributed by atoms with E-state index in [-0.39, 0.29) is 44.9 Å². The molecule has 0 bridgehead atoms. The summed E-state index contributed by atoms with van der Waals surface area (Å²) in [6.45, 7) is 10.5. The Morgan fingerprint density at radius 3 is 1.30 bits per heavy atom. The minimum Gasteiger partial charge on any atom is -0.507 e. The number of fused-ring (bicyclic) bond motifs is 2. The van der Waals surface area contributed by atoms with Crippen LogP contribution < -0.4 is 10.9 Å². The molecular formula is C36H36N6O8. The van der Waals surface area contributed by atoms with Crippen LogP contribution in [-0.4, -0.2) is 54.9 Å². The molecule has 0 aliphatic carbocycles. The van der Waals surface area contributed by atoms with Gasteiger partial charge in [0.25, 0.3) is 11.8 Å². The number of aryl methyl sites for hydroxylation is 2. The highest BCUT2D eigenvalue weighted by Crippen LogP contribution is 2.54. The number of hydrazone groups is 2. The van der Waals surface area contributed by atoms with Crippen molar-refractivity contribution in [2.24, 2.45) is 10.2 Å². The molecule has 4 aromatic carbocycles. The Kier molecular flexibility index (Phi) is 10.4. The van der Waals surface area contributed by atoms with Crippen LogP contribution in [0.4, 0.5) is 0 Å². The first-order valence-electron chi connectivity index (χ1n) is 15.4. The molecule has 50 heavy (non-hydrogen) atoms. The van der Waals surface area contributed by atoms with Crippen molar-refractivity contribution in [3.63, 3.8) is 0 Å². The summed E-state index contributed by atoms with van der Waals surface area (Å²) in [6.07, 6.45) is 1.07. The van der Waals surface area contributed by atoms with Gasteiger partial charge in [0.1, 0.15) is 24.3 Å². The Labute approximate surface area is 286 Å². The van der Waals surface area contributed by atoms with Crippen molar-refractivity contribution >= 4 is 45.8 Å². The van der Waals surface area contributed by atoms with Crippen molar-refractivity contribution in [3.8, 4) is 57.8 Å². The van der Waals surface area contributed by atoms with Gasteiger partial charge in [-0.25, -0.2) is 10.9 Å². The lowest BCUT2D eigenvalue weighted by atomic mass is 9.83. The van der Waals surface area contributed by atoms with Gasteiger partial charge in [0.2, 0.25) is 0 Å². The number of amides is 2. The molecule has 0 unspecified atom stereocenters. The van der Waals surface area contributed by atoms with Crippen LogP contribution >= 0.6 is 0 Å². The molecule has 0 saturated carbocycles. The van der Waals surface area contributed by atoms with E-state index in [0.717, 1.165) is 12.4 Å². The summed E-state index contributed by atoms with van der Waals surface area (Å²) >= 11 is 0. The first-order chi connectivity index (χ1) is 23.6. The van der Waals surface area contributed by atoms with Gasteiger partial charge in [-0.15, -0.1) is 0 Å². The molecule has 14 nitrogen and oxygen atoms in total. The number of carbonyl (C=O) groups excluding carboxylic acids is 2. The van der Waals surface area contributed by atoms with Crippen LogP contribution in [0.3, 0.4) is 0 Å². The van der Waals surface area contributed by atoms with Gasteiger partial charge in [-0.3, -0.25) is 9.59 Å². The number of phenolic OH excluding ortho intramolecular Hbond substituents is 6. The van der Waals surface area contributed by atoms with E-state index >= 15 is 0 Å². The molecule has 0 heterocycles. The number of benzene rings is 4. The molecule has 0 saturated heterocycles. The zero-order valence-electron chi connectivity index (χ0n) is 28.2. The molecule has 0 atom stereocenters. The van der Waals surface area contributed by atoms with Crippen LogP contribution in [0.15, 0.2) is 22.3 Å². The molecule has 14 heteroatoms. The zero-order chi connectivity index (χ0) is 37.2. The van der Waals surface area contributed by atoms with Gasteiger partial charge in [0.15, 0.2) is 23.0 Å². The number of aromatic hydroxyl groups is 6. The number of rotatable bonds is 9. The molecule has 0 radical (unpaired) electrons. The Morgan fingerprint density at radius 1 is 0.660 bits per heavy atom. The van der Waals surface area contributed by atoms with Crippen molar-refractivity contribution in [1.29, 1.82) is 10.5 Å². The van der Waals surface area contributed by atoms with Gasteiger partial charge >= 0.3 is 0 Å². The minimum absolute atomic E-state index is 0.0280. The summed E-state index contributed by atoms with van der Waals surface area (Å²) in [5, 5.41) is 94.5. The number of nitrogens with one attached hydrogen (secondary N) is 2. The average Bonchev–Trinajstić information content (AvgIpc) is 3.02. The van der Waals surface area contributed by atoms with E-state index in [2.05, 4.69) is 21.1 Å². The van der Waals surface area contributed by atoms with Gasteiger partial charge in [0, 0.05) is 33.0 Å². The predicted molar refractivity (Wildman–Crippen MR) is 186 cm³/mol. The SMILES string of the molecule is Cc1cc2c(C(C)C)c(O)c(O)c(/C=N\NC(=O)CC#N)c2c(O)c1-c1c(C)cc2c(C(C)C)c(O)c(O)c(/C=N\NC(=O)CC#N)c2c1O. The maximum absolute atomic E-state index is 12.1. The highest BCUT2D eigenvalue weighted by molar-refractivity contribution is 6.15. The second kappa shape index (κ2) is 14.3. The lowest BCUT2D eigenvalue weighted by molar-refractivity contribution is -0.120. The zero-order valence-corrected chi connectivity index (χ0v) is 28.2. The Balaban J connectivity index is 2.16. The van der Waals surface area contributed by atoms with Gasteiger partial charge in [0.05, 0.1) is 35.7 Å². The van der Waals surface area contributed by atoms with Gasteiger partial charge in [-0.05, 0) is 47.6 Å². The van der Waals surface area contributed by atoms with E-state index in [1.165, 1.54) is 0 Å². The summed E-state index contributed by atoms with van der Waals surface area (Å²) in [6, 6.07) is 6.69. The second-order valence-corrected chi connectivity index (χ2v) is 12.3. The van der Waals surface area contributed by atoms with Crippen molar-refractivity contribution in [1.82, 2.24) is 10.9 Å². The molecule has 4 rings (SSSR count). The van der Waals surface area contributed by atoms with Crippen LogP contribution in [0.2, 0.25) is 0 Å². The van der Waals surface area contributed by atoms with E-state index in [0.29, 0.717) is 33.0 Å². The lowest BCUT2D eigenvalue weighted by Gasteiger charge is -2.23. The summed E-state index contributed by atoms with van der Waals surface area (Å²) in [4.78, 5) is 23.8. The third kappa shape index (κ3) is 6.34. The van der Waals surface area contributed by atoms with Gasteiger partial charge in [-0.2, -0.15) is 20.7 Å². The second-order valence-electron chi connectivity index (χ2n) is 12.3. The molecule has 4 aromatic rings. The lowest BCUT2D eigenvalue weighted by Crippen LogP contribution is -2.16. The summed E-state index contributed by atoms with van der Waals surface area (Å²) < 4.78 is 0. The highest BCUT2D eigenvalue weighted by atomic mass is 16.3. The maximum Gasteiger partial charge on any atom is 0.254 e. The molecule has 0 aliphatic heterocycles. The van der Waals surface area contributed by atoms with E-state index in [1.807, 2.05) is 0 Å². The molecular weight excluding hydrogens is 644 g/mol. The molecule has 0 aliphatic rings. The first-order valence-corrected chi connectivity index (χ1v) is 15.4. The normalized spacial score (nSPS) is 11.6. The van der Waals surface area contributed by atoms with Crippen LogP contribution in [0.1, 0.15) is 85.8 Å². The number of nitrogens with zero attached hydrogens (tertiary/aromatic N) is 4. The Bertz CT molecular complexity index is 2070. The fourth-order valence-electron chi connectivity index (χ4n) is 6.18. The predicted octanol–water partition coefficient (Wildman–Crippen LogP) is 5.48. The number of nitriles is 2. The monoisotopic (exact) mass is 680 g/mol. The Morgan fingerprint density at radius 2 is 1.00 bits per heavy atom. The number of carbonyl (C=O) groups is 2. The molecule has 258 valence electrons. The number of hydrogen-bond donors (Lipinski definition) is 8. The molecule has 0 aromatic heterocycles. The van der Waals surface area contributed by atoms with Gasteiger partial charge in [-0.1, -0.05) is 39.8 Å². The van der Waals surface area contributed by atoms with E-state index in [9.17, 15) is 40.2 Å². The van der Waals surface area contributed by atoms with Crippen molar-refractivity contribution in [2.45, 2.75) is 66.2 Å². The first kappa shape index (κ1) is 36.3. The van der Waals surface area contributed by atoms with Crippen molar-refractivity contribution in [3.05, 3.63) is 45.5 Å². The number of hydrogen-bond acceptors (Lipinski definition) is 12.